The second-order valence-corrected chi connectivity index (χ2v) is 7.66. The standard InChI is InChI=1S/C19H25N3O/c1-11-13-8-12(19(2,3)4)6-7-16(13)21-17-14(11)9-22(5)10-15(17)18(20)23/h6-8,15,21H,1,9-10H2,2-5H3,(H2,20,23). The van der Waals surface area contributed by atoms with Gasteiger partial charge in [-0.05, 0) is 41.3 Å². The lowest BCUT2D eigenvalue weighted by Crippen LogP contribution is -2.44. The zero-order chi connectivity index (χ0) is 16.9. The van der Waals surface area contributed by atoms with Gasteiger partial charge in [0.15, 0.2) is 0 Å². The van der Waals surface area contributed by atoms with E-state index in [4.69, 9.17) is 5.73 Å². The number of nitrogens with one attached hydrogen (secondary N) is 1. The van der Waals surface area contributed by atoms with Crippen LogP contribution in [0.5, 0.6) is 0 Å². The van der Waals surface area contributed by atoms with Crippen LogP contribution in [-0.2, 0) is 10.2 Å². The smallest absolute Gasteiger partial charge is 0.227 e. The van der Waals surface area contributed by atoms with Crippen molar-refractivity contribution < 1.29 is 4.79 Å². The van der Waals surface area contributed by atoms with Crippen LogP contribution >= 0.6 is 0 Å². The fraction of sp³-hybridized carbons (Fsp3) is 0.421. The lowest BCUT2D eigenvalue weighted by molar-refractivity contribution is -0.121. The van der Waals surface area contributed by atoms with Crippen LogP contribution in [0.2, 0.25) is 0 Å². The molecule has 1 unspecified atom stereocenters. The second kappa shape index (κ2) is 5.24. The minimum absolute atomic E-state index is 0.0864. The Balaban J connectivity index is 2.08. The molecule has 3 N–H and O–H groups in total. The molecule has 0 aliphatic carbocycles. The van der Waals surface area contributed by atoms with Crippen molar-refractivity contribution in [2.75, 3.05) is 25.5 Å². The number of nitrogens with two attached hydrogens (primary N) is 1. The molecule has 1 atom stereocenters. The molecule has 23 heavy (non-hydrogen) atoms. The van der Waals surface area contributed by atoms with Gasteiger partial charge in [0, 0.05) is 30.0 Å². The molecule has 2 aliphatic rings. The predicted molar refractivity (Wildman–Crippen MR) is 95.0 cm³/mol. The highest BCUT2D eigenvalue weighted by Crippen LogP contribution is 2.41. The Morgan fingerprint density at radius 3 is 2.70 bits per heavy atom. The first-order valence-corrected chi connectivity index (χ1v) is 8.00. The van der Waals surface area contributed by atoms with Crippen molar-refractivity contribution >= 4 is 17.2 Å². The maximum absolute atomic E-state index is 11.9. The van der Waals surface area contributed by atoms with Crippen molar-refractivity contribution in [1.29, 1.82) is 0 Å². The largest absolute Gasteiger partial charge is 0.369 e. The van der Waals surface area contributed by atoms with Crippen LogP contribution in [0.4, 0.5) is 5.69 Å². The molecule has 2 heterocycles. The highest BCUT2D eigenvalue weighted by Gasteiger charge is 2.34. The molecule has 4 nitrogen and oxygen atoms in total. The molecule has 0 saturated carbocycles. The number of carbonyl (C=O) groups is 1. The first kappa shape index (κ1) is 15.8. The summed E-state index contributed by atoms with van der Waals surface area (Å²) in [4.78, 5) is 14.0. The Kier molecular flexibility index (Phi) is 3.60. The van der Waals surface area contributed by atoms with E-state index < -0.39 is 0 Å². The summed E-state index contributed by atoms with van der Waals surface area (Å²) in [7, 11) is 2.01. The number of likely N-dealkylation sites (N-methyl/N-ethyl adjacent to an activating group) is 1. The summed E-state index contributed by atoms with van der Waals surface area (Å²) in [6.45, 7) is 12.4. The molecule has 0 radical (unpaired) electrons. The van der Waals surface area contributed by atoms with Gasteiger partial charge in [-0.2, -0.15) is 0 Å². The predicted octanol–water partition coefficient (Wildman–Crippen LogP) is 2.72. The molecule has 0 spiro atoms. The Labute approximate surface area is 138 Å². The second-order valence-electron chi connectivity index (χ2n) is 7.66. The van der Waals surface area contributed by atoms with Crippen LogP contribution in [0.25, 0.3) is 5.57 Å². The van der Waals surface area contributed by atoms with Crippen molar-refractivity contribution in [2.45, 2.75) is 26.2 Å². The molecule has 0 aromatic heterocycles. The molecule has 122 valence electrons. The topological polar surface area (TPSA) is 58.4 Å². The molecule has 1 aromatic carbocycles. The van der Waals surface area contributed by atoms with Gasteiger partial charge < -0.3 is 16.0 Å². The summed E-state index contributed by atoms with van der Waals surface area (Å²) in [5.41, 5.74) is 12.1. The Morgan fingerprint density at radius 2 is 2.09 bits per heavy atom. The molecule has 2 aliphatic heterocycles. The molecule has 1 amide bonds. The number of amides is 1. The molecule has 0 saturated heterocycles. The van der Waals surface area contributed by atoms with E-state index in [1.165, 1.54) is 5.56 Å². The van der Waals surface area contributed by atoms with E-state index in [0.29, 0.717) is 6.54 Å². The SMILES string of the molecule is C=C1C2=C(Nc3ccc(C(C)(C)C)cc31)C(C(N)=O)CN(C)C2. The number of hydrogen-bond donors (Lipinski definition) is 2. The van der Waals surface area contributed by atoms with Crippen molar-refractivity contribution in [3.8, 4) is 0 Å². The van der Waals surface area contributed by atoms with Gasteiger partial charge in [-0.15, -0.1) is 0 Å². The molecular formula is C19H25N3O. The minimum atomic E-state index is -0.309. The number of fused-ring (bicyclic) bond motifs is 1. The zero-order valence-corrected chi connectivity index (χ0v) is 14.4. The van der Waals surface area contributed by atoms with Crippen LogP contribution in [0.3, 0.4) is 0 Å². The minimum Gasteiger partial charge on any atom is -0.369 e. The van der Waals surface area contributed by atoms with Crippen molar-refractivity contribution in [3.05, 3.63) is 47.2 Å². The van der Waals surface area contributed by atoms with Crippen molar-refractivity contribution in [1.82, 2.24) is 4.90 Å². The molecule has 3 rings (SSSR count). The zero-order valence-electron chi connectivity index (χ0n) is 14.4. The summed E-state index contributed by atoms with van der Waals surface area (Å²) < 4.78 is 0. The van der Waals surface area contributed by atoms with Crippen LogP contribution < -0.4 is 11.1 Å². The highest BCUT2D eigenvalue weighted by atomic mass is 16.1. The number of anilines is 1. The highest BCUT2D eigenvalue weighted by molar-refractivity contribution is 5.93. The van der Waals surface area contributed by atoms with Crippen LogP contribution in [-0.4, -0.2) is 30.9 Å². The maximum Gasteiger partial charge on any atom is 0.227 e. The van der Waals surface area contributed by atoms with Gasteiger partial charge in [0.25, 0.3) is 0 Å². The van der Waals surface area contributed by atoms with Gasteiger partial charge in [-0.1, -0.05) is 33.4 Å². The van der Waals surface area contributed by atoms with Gasteiger partial charge in [0.2, 0.25) is 5.91 Å². The molecular weight excluding hydrogens is 286 g/mol. The average molecular weight is 311 g/mol. The molecule has 0 bridgehead atoms. The summed E-state index contributed by atoms with van der Waals surface area (Å²) in [5.74, 6) is -0.602. The van der Waals surface area contributed by atoms with Gasteiger partial charge >= 0.3 is 0 Å². The van der Waals surface area contributed by atoms with Crippen LogP contribution in [0.15, 0.2) is 36.0 Å². The Hall–Kier alpha value is -2.07. The lowest BCUT2D eigenvalue weighted by atomic mass is 9.81. The average Bonchev–Trinajstić information content (AvgIpc) is 2.46. The van der Waals surface area contributed by atoms with E-state index >= 15 is 0 Å². The number of carbonyl (C=O) groups excluding carboxylic acids is 1. The number of primary amides is 1. The molecule has 1 aromatic rings. The summed E-state index contributed by atoms with van der Waals surface area (Å²) in [5, 5.41) is 3.45. The van der Waals surface area contributed by atoms with E-state index in [9.17, 15) is 4.79 Å². The first-order chi connectivity index (χ1) is 10.7. The third-order valence-electron chi connectivity index (χ3n) is 4.78. The summed E-state index contributed by atoms with van der Waals surface area (Å²) in [6.07, 6.45) is 0. The fourth-order valence-corrected chi connectivity index (χ4v) is 3.36. The molecule has 0 fully saturated rings. The summed E-state index contributed by atoms with van der Waals surface area (Å²) >= 11 is 0. The fourth-order valence-electron chi connectivity index (χ4n) is 3.36. The summed E-state index contributed by atoms with van der Waals surface area (Å²) in [6, 6.07) is 6.43. The quantitative estimate of drug-likeness (QED) is 0.838. The van der Waals surface area contributed by atoms with E-state index in [0.717, 1.165) is 34.6 Å². The monoisotopic (exact) mass is 311 g/mol. The third-order valence-corrected chi connectivity index (χ3v) is 4.78. The van der Waals surface area contributed by atoms with Crippen molar-refractivity contribution in [3.63, 3.8) is 0 Å². The van der Waals surface area contributed by atoms with E-state index in [1.54, 1.807) is 0 Å². The normalized spacial score (nSPS) is 21.6. The number of benzene rings is 1. The maximum atomic E-state index is 11.9. The van der Waals surface area contributed by atoms with Gasteiger partial charge in [-0.3, -0.25) is 4.79 Å². The molecule has 4 heteroatoms. The Bertz CT molecular complexity index is 725. The third kappa shape index (κ3) is 2.68. The van der Waals surface area contributed by atoms with Crippen molar-refractivity contribution in [2.24, 2.45) is 11.7 Å². The number of hydrogen-bond acceptors (Lipinski definition) is 3. The van der Waals surface area contributed by atoms with Gasteiger partial charge in [-0.25, -0.2) is 0 Å². The first-order valence-electron chi connectivity index (χ1n) is 8.00. The number of nitrogens with zero attached hydrogens (tertiary/aromatic N) is 1. The lowest BCUT2D eigenvalue weighted by Gasteiger charge is -2.38. The van der Waals surface area contributed by atoms with E-state index in [-0.39, 0.29) is 17.2 Å². The van der Waals surface area contributed by atoms with Gasteiger partial charge in [0.1, 0.15) is 0 Å². The Morgan fingerprint density at radius 1 is 1.39 bits per heavy atom. The van der Waals surface area contributed by atoms with Gasteiger partial charge in [0.05, 0.1) is 5.92 Å². The van der Waals surface area contributed by atoms with Crippen LogP contribution in [0, 0.1) is 5.92 Å². The van der Waals surface area contributed by atoms with Crippen LogP contribution in [0.1, 0.15) is 31.9 Å². The van der Waals surface area contributed by atoms with E-state index in [1.807, 2.05) is 7.05 Å². The number of rotatable bonds is 1. The van der Waals surface area contributed by atoms with E-state index in [2.05, 4.69) is 55.8 Å².